The minimum absolute atomic E-state index is 0.0857. The summed E-state index contributed by atoms with van der Waals surface area (Å²) in [4.78, 5) is 28.2. The number of hydrogen-bond donors (Lipinski definition) is 3. The van der Waals surface area contributed by atoms with Gasteiger partial charge in [-0.05, 0) is 42.7 Å². The van der Waals surface area contributed by atoms with Crippen molar-refractivity contribution >= 4 is 28.2 Å². The number of aromatic amines is 1. The Hall–Kier alpha value is -3.08. The molecule has 3 aromatic rings. The van der Waals surface area contributed by atoms with Crippen LogP contribution in [-0.2, 0) is 6.42 Å². The summed E-state index contributed by atoms with van der Waals surface area (Å²) >= 11 is 0. The van der Waals surface area contributed by atoms with Crippen LogP contribution in [0.25, 0.3) is 10.9 Å². The van der Waals surface area contributed by atoms with E-state index in [-0.39, 0.29) is 11.0 Å². The van der Waals surface area contributed by atoms with Crippen molar-refractivity contribution in [1.82, 2.24) is 4.98 Å². The van der Waals surface area contributed by atoms with Gasteiger partial charge in [0.05, 0.1) is 0 Å². The van der Waals surface area contributed by atoms with Crippen molar-refractivity contribution < 1.29 is 4.79 Å². The van der Waals surface area contributed by atoms with Crippen LogP contribution in [0.5, 0.6) is 0 Å². The lowest BCUT2D eigenvalue weighted by Gasteiger charge is -2.12. The van der Waals surface area contributed by atoms with Gasteiger partial charge in [0.15, 0.2) is 0 Å². The molecule has 1 heterocycles. The second kappa shape index (κ2) is 7.21. The van der Waals surface area contributed by atoms with Crippen molar-refractivity contribution in [3.05, 3.63) is 70.0 Å². The fraction of sp³-hybridized carbons (Fsp3) is 0.200. The first-order valence-electron chi connectivity index (χ1n) is 8.40. The number of rotatable bonds is 5. The molecule has 0 unspecified atom stereocenters. The van der Waals surface area contributed by atoms with Gasteiger partial charge in [-0.15, -0.1) is 0 Å². The Morgan fingerprint density at radius 1 is 1.20 bits per heavy atom. The van der Waals surface area contributed by atoms with Gasteiger partial charge in [-0.2, -0.15) is 0 Å². The molecule has 5 heteroatoms. The molecule has 0 aliphatic carbocycles. The zero-order valence-electron chi connectivity index (χ0n) is 14.1. The number of carbonyl (C=O) groups excluding carboxylic acids is 1. The Morgan fingerprint density at radius 2 is 2.00 bits per heavy atom. The lowest BCUT2D eigenvalue weighted by atomic mass is 10.0. The second-order valence-corrected chi connectivity index (χ2v) is 6.05. The quantitative estimate of drug-likeness (QED) is 0.621. The smallest absolute Gasteiger partial charge is 0.261 e. The summed E-state index contributed by atoms with van der Waals surface area (Å²) in [5.74, 6) is -0.435. The minimum atomic E-state index is -0.435. The van der Waals surface area contributed by atoms with Gasteiger partial charge in [-0.3, -0.25) is 9.59 Å². The molecule has 4 N–H and O–H groups in total. The van der Waals surface area contributed by atoms with E-state index in [1.54, 1.807) is 24.3 Å². The maximum absolute atomic E-state index is 12.6. The van der Waals surface area contributed by atoms with Gasteiger partial charge in [0.2, 0.25) is 5.43 Å². The molecule has 0 aliphatic heterocycles. The molecule has 0 saturated heterocycles. The summed E-state index contributed by atoms with van der Waals surface area (Å²) in [5.41, 5.74) is 8.61. The first-order chi connectivity index (χ1) is 12.1. The molecule has 2 aromatic carbocycles. The van der Waals surface area contributed by atoms with E-state index in [0.29, 0.717) is 22.3 Å². The number of carbonyl (C=O) groups is 1. The second-order valence-electron chi connectivity index (χ2n) is 6.05. The number of aromatic nitrogens is 1. The van der Waals surface area contributed by atoms with E-state index in [1.165, 1.54) is 6.20 Å². The molecule has 5 nitrogen and oxygen atoms in total. The number of unbranched alkanes of at least 4 members (excludes halogenated alkanes) is 1. The Bertz CT molecular complexity index is 976. The van der Waals surface area contributed by atoms with Crippen molar-refractivity contribution in [2.24, 2.45) is 0 Å². The Labute approximate surface area is 145 Å². The summed E-state index contributed by atoms with van der Waals surface area (Å²) < 4.78 is 0. The van der Waals surface area contributed by atoms with Crippen LogP contribution in [0.3, 0.4) is 0 Å². The van der Waals surface area contributed by atoms with E-state index >= 15 is 0 Å². The first kappa shape index (κ1) is 16.8. The van der Waals surface area contributed by atoms with E-state index in [1.807, 2.05) is 18.2 Å². The molecule has 0 aliphatic rings. The van der Waals surface area contributed by atoms with Gasteiger partial charge in [-0.1, -0.05) is 31.5 Å². The van der Waals surface area contributed by atoms with Crippen LogP contribution in [0.4, 0.5) is 11.4 Å². The number of nitrogen functional groups attached to an aromatic ring is 1. The van der Waals surface area contributed by atoms with Crippen LogP contribution in [0.2, 0.25) is 0 Å². The van der Waals surface area contributed by atoms with Crippen molar-refractivity contribution in [3.8, 4) is 0 Å². The van der Waals surface area contributed by atoms with Crippen molar-refractivity contribution in [3.63, 3.8) is 0 Å². The molecule has 128 valence electrons. The Kier molecular flexibility index (Phi) is 4.84. The van der Waals surface area contributed by atoms with Crippen molar-refractivity contribution in [1.29, 1.82) is 0 Å². The molecule has 25 heavy (non-hydrogen) atoms. The molecular weight excluding hydrogens is 314 g/mol. The number of para-hydroxylation sites is 1. The molecule has 0 radical (unpaired) electrons. The maximum atomic E-state index is 12.6. The fourth-order valence-corrected chi connectivity index (χ4v) is 2.82. The third-order valence-electron chi connectivity index (χ3n) is 4.21. The normalized spacial score (nSPS) is 10.8. The summed E-state index contributed by atoms with van der Waals surface area (Å²) in [6.45, 7) is 2.12. The lowest BCUT2D eigenvalue weighted by molar-refractivity contribution is 0.102. The van der Waals surface area contributed by atoms with E-state index in [9.17, 15) is 9.59 Å². The highest BCUT2D eigenvalue weighted by atomic mass is 16.2. The van der Waals surface area contributed by atoms with Crippen LogP contribution in [-0.4, -0.2) is 10.9 Å². The average Bonchev–Trinajstić information content (AvgIpc) is 2.61. The minimum Gasteiger partial charge on any atom is -0.399 e. The molecule has 1 aromatic heterocycles. The molecular formula is C20H21N3O2. The molecule has 0 atom stereocenters. The third-order valence-corrected chi connectivity index (χ3v) is 4.21. The van der Waals surface area contributed by atoms with E-state index in [0.717, 1.165) is 24.8 Å². The summed E-state index contributed by atoms with van der Waals surface area (Å²) in [6, 6.07) is 12.6. The first-order valence-corrected chi connectivity index (χ1v) is 8.40. The Morgan fingerprint density at radius 3 is 2.80 bits per heavy atom. The predicted octanol–water partition coefficient (Wildman–Crippen LogP) is 3.71. The summed E-state index contributed by atoms with van der Waals surface area (Å²) in [6.07, 6.45) is 4.38. The molecule has 0 fully saturated rings. The number of amides is 1. The monoisotopic (exact) mass is 335 g/mol. The Balaban J connectivity index is 1.94. The summed E-state index contributed by atoms with van der Waals surface area (Å²) in [5, 5.41) is 3.34. The highest BCUT2D eigenvalue weighted by Gasteiger charge is 2.14. The number of aryl methyl sites for hydroxylation is 1. The van der Waals surface area contributed by atoms with Crippen LogP contribution in [0.15, 0.2) is 53.5 Å². The fourth-order valence-electron chi connectivity index (χ4n) is 2.82. The molecule has 0 bridgehead atoms. The number of benzene rings is 2. The van der Waals surface area contributed by atoms with Gasteiger partial charge in [0.25, 0.3) is 5.91 Å². The standard InChI is InChI=1S/C20H21N3O2/c1-2-3-6-13-9-10-14(21)11-18(13)23-20(25)16-12-22-17-8-5-4-7-15(17)19(16)24/h4-5,7-12H,2-3,6,21H2,1H3,(H,22,24)(H,23,25). The molecule has 0 spiro atoms. The van der Waals surface area contributed by atoms with Crippen LogP contribution < -0.4 is 16.5 Å². The van der Waals surface area contributed by atoms with Crippen LogP contribution in [0, 0.1) is 0 Å². The van der Waals surface area contributed by atoms with Gasteiger partial charge in [0.1, 0.15) is 5.56 Å². The average molecular weight is 335 g/mol. The maximum Gasteiger partial charge on any atom is 0.261 e. The number of nitrogens with two attached hydrogens (primary N) is 1. The van der Waals surface area contributed by atoms with E-state index in [2.05, 4.69) is 17.2 Å². The zero-order chi connectivity index (χ0) is 17.8. The van der Waals surface area contributed by atoms with Gasteiger partial charge in [0, 0.05) is 28.5 Å². The van der Waals surface area contributed by atoms with Crippen molar-refractivity contribution in [2.45, 2.75) is 26.2 Å². The summed E-state index contributed by atoms with van der Waals surface area (Å²) in [7, 11) is 0. The highest BCUT2D eigenvalue weighted by molar-refractivity contribution is 6.06. The lowest BCUT2D eigenvalue weighted by Crippen LogP contribution is -2.22. The largest absolute Gasteiger partial charge is 0.399 e. The SMILES string of the molecule is CCCCc1ccc(N)cc1NC(=O)c1c[nH]c2ccccc2c1=O. The number of nitrogens with one attached hydrogen (secondary N) is 2. The number of hydrogen-bond acceptors (Lipinski definition) is 3. The number of pyridine rings is 1. The van der Waals surface area contributed by atoms with Crippen LogP contribution >= 0.6 is 0 Å². The molecule has 3 rings (SSSR count). The number of anilines is 2. The van der Waals surface area contributed by atoms with Gasteiger partial charge in [-0.25, -0.2) is 0 Å². The zero-order valence-corrected chi connectivity index (χ0v) is 14.1. The van der Waals surface area contributed by atoms with E-state index < -0.39 is 5.91 Å². The molecule has 0 saturated carbocycles. The van der Waals surface area contributed by atoms with E-state index in [4.69, 9.17) is 5.73 Å². The third kappa shape index (κ3) is 3.55. The number of fused-ring (bicyclic) bond motifs is 1. The molecule has 1 amide bonds. The predicted molar refractivity (Wildman–Crippen MR) is 102 cm³/mol. The topological polar surface area (TPSA) is 88.0 Å². The highest BCUT2D eigenvalue weighted by Crippen LogP contribution is 2.22. The van der Waals surface area contributed by atoms with Gasteiger partial charge < -0.3 is 16.0 Å². The van der Waals surface area contributed by atoms with Gasteiger partial charge >= 0.3 is 0 Å². The van der Waals surface area contributed by atoms with Crippen LogP contribution in [0.1, 0.15) is 35.7 Å². The van der Waals surface area contributed by atoms with Crippen molar-refractivity contribution in [2.75, 3.05) is 11.1 Å². The number of H-pyrrole nitrogens is 1.